The Hall–Kier alpha value is -1.92. The van der Waals surface area contributed by atoms with Crippen LogP contribution in [0.5, 0.6) is 0 Å². The molecule has 7 nitrogen and oxygen atoms in total. The molecular weight excluding hydrogens is 266 g/mol. The Morgan fingerprint density at radius 3 is 2.05 bits per heavy atom. The van der Waals surface area contributed by atoms with Crippen molar-refractivity contribution in [3.8, 4) is 0 Å². The summed E-state index contributed by atoms with van der Waals surface area (Å²) in [6, 6.07) is -0.556. The topological polar surface area (TPSA) is 98.8 Å². The Bertz CT molecular complexity index is 377. The highest BCUT2D eigenvalue weighted by atomic mass is 16.7. The quantitative estimate of drug-likeness (QED) is 0.517. The normalized spacial score (nSPS) is 11.7. The van der Waals surface area contributed by atoms with Gasteiger partial charge in [-0.25, -0.2) is 0 Å². The van der Waals surface area contributed by atoms with Crippen molar-refractivity contribution in [2.24, 2.45) is 5.92 Å². The van der Waals surface area contributed by atoms with E-state index < -0.39 is 30.7 Å². The van der Waals surface area contributed by atoms with Crippen molar-refractivity contribution in [1.82, 2.24) is 5.32 Å². The third kappa shape index (κ3) is 8.23. The number of ether oxygens (including phenoxy) is 2. The Labute approximate surface area is 118 Å². The molecule has 0 rings (SSSR count). The minimum atomic E-state index is -0.648. The second kappa shape index (κ2) is 9.06. The van der Waals surface area contributed by atoms with Gasteiger partial charge in [-0.1, -0.05) is 13.8 Å². The van der Waals surface area contributed by atoms with Gasteiger partial charge in [-0.3, -0.25) is 19.2 Å². The molecule has 0 fully saturated rings. The minimum absolute atomic E-state index is 0.0210. The molecule has 0 saturated carbocycles. The van der Waals surface area contributed by atoms with Crippen LogP contribution in [-0.2, 0) is 28.7 Å². The van der Waals surface area contributed by atoms with Crippen LogP contribution < -0.4 is 5.32 Å². The first-order chi connectivity index (χ1) is 9.23. The summed E-state index contributed by atoms with van der Waals surface area (Å²) >= 11 is 0. The standard InChI is InChI=1S/C13H21NO6/c1-8(2)13(9(3)15)14-11(17)5-6-12(18)20-7-19-10(4)16/h8,13H,5-7H2,1-4H3,(H,14,17). The lowest BCUT2D eigenvalue weighted by molar-refractivity contribution is -0.166. The highest BCUT2D eigenvalue weighted by Crippen LogP contribution is 2.04. The second-order valence-corrected chi connectivity index (χ2v) is 4.67. The number of nitrogens with one attached hydrogen (secondary N) is 1. The van der Waals surface area contributed by atoms with Crippen LogP contribution in [0.1, 0.15) is 40.5 Å². The zero-order chi connectivity index (χ0) is 15.7. The fraction of sp³-hybridized carbons (Fsp3) is 0.692. The van der Waals surface area contributed by atoms with E-state index in [4.69, 9.17) is 0 Å². The van der Waals surface area contributed by atoms with Crippen molar-refractivity contribution in [3.05, 3.63) is 0 Å². The van der Waals surface area contributed by atoms with Crippen molar-refractivity contribution in [1.29, 1.82) is 0 Å². The molecule has 20 heavy (non-hydrogen) atoms. The van der Waals surface area contributed by atoms with Crippen molar-refractivity contribution >= 4 is 23.6 Å². The van der Waals surface area contributed by atoms with Crippen LogP contribution in [0.25, 0.3) is 0 Å². The molecule has 0 bridgehead atoms. The molecular formula is C13H21NO6. The van der Waals surface area contributed by atoms with Gasteiger partial charge in [0.05, 0.1) is 12.5 Å². The second-order valence-electron chi connectivity index (χ2n) is 4.67. The number of hydrogen-bond acceptors (Lipinski definition) is 6. The number of esters is 2. The molecule has 0 aliphatic rings. The number of hydrogen-bond donors (Lipinski definition) is 1. The maximum Gasteiger partial charge on any atom is 0.309 e. The predicted octanol–water partition coefficient (Wildman–Crippen LogP) is 0.560. The zero-order valence-electron chi connectivity index (χ0n) is 12.2. The van der Waals surface area contributed by atoms with E-state index in [0.717, 1.165) is 0 Å². The van der Waals surface area contributed by atoms with E-state index in [1.54, 1.807) is 0 Å². The molecule has 1 amide bonds. The van der Waals surface area contributed by atoms with Gasteiger partial charge in [-0.15, -0.1) is 0 Å². The molecule has 0 aromatic heterocycles. The maximum absolute atomic E-state index is 11.6. The van der Waals surface area contributed by atoms with Crippen LogP contribution in [0.4, 0.5) is 0 Å². The van der Waals surface area contributed by atoms with E-state index in [9.17, 15) is 19.2 Å². The van der Waals surface area contributed by atoms with Gasteiger partial charge in [0.2, 0.25) is 12.7 Å². The molecule has 7 heteroatoms. The van der Waals surface area contributed by atoms with Crippen molar-refractivity contribution in [3.63, 3.8) is 0 Å². The third-order valence-corrected chi connectivity index (χ3v) is 2.46. The molecule has 114 valence electrons. The smallest absolute Gasteiger partial charge is 0.309 e. The molecule has 0 aromatic carbocycles. The third-order valence-electron chi connectivity index (χ3n) is 2.46. The first-order valence-electron chi connectivity index (χ1n) is 6.32. The maximum atomic E-state index is 11.6. The highest BCUT2D eigenvalue weighted by molar-refractivity contribution is 5.88. The SMILES string of the molecule is CC(=O)OCOC(=O)CCC(=O)NC(C(C)=O)C(C)C. The lowest BCUT2D eigenvalue weighted by atomic mass is 10.0. The molecule has 0 heterocycles. The predicted molar refractivity (Wildman–Crippen MR) is 69.4 cm³/mol. The first-order valence-corrected chi connectivity index (χ1v) is 6.32. The van der Waals surface area contributed by atoms with E-state index >= 15 is 0 Å². The number of rotatable bonds is 8. The van der Waals surface area contributed by atoms with Gasteiger partial charge in [0.1, 0.15) is 0 Å². The molecule has 0 aliphatic heterocycles. The average molecular weight is 287 g/mol. The van der Waals surface area contributed by atoms with E-state index in [1.165, 1.54) is 13.8 Å². The summed E-state index contributed by atoms with van der Waals surface area (Å²) in [7, 11) is 0. The van der Waals surface area contributed by atoms with Crippen LogP contribution in [0.3, 0.4) is 0 Å². The zero-order valence-corrected chi connectivity index (χ0v) is 12.2. The summed E-state index contributed by atoms with van der Waals surface area (Å²) in [5, 5.41) is 2.56. The molecule has 0 aromatic rings. The summed E-state index contributed by atoms with van der Waals surface area (Å²) < 4.78 is 8.99. The van der Waals surface area contributed by atoms with E-state index in [1.807, 2.05) is 13.8 Å². The van der Waals surface area contributed by atoms with Crippen LogP contribution in [0, 0.1) is 5.92 Å². The van der Waals surface area contributed by atoms with Crippen molar-refractivity contribution < 1.29 is 28.7 Å². The summed E-state index contributed by atoms with van der Waals surface area (Å²) in [5.41, 5.74) is 0. The monoisotopic (exact) mass is 287 g/mol. The molecule has 0 radical (unpaired) electrons. The average Bonchev–Trinajstić information content (AvgIpc) is 2.32. The Morgan fingerprint density at radius 2 is 1.60 bits per heavy atom. The van der Waals surface area contributed by atoms with Crippen molar-refractivity contribution in [2.45, 2.75) is 46.6 Å². The summed E-state index contributed by atoms with van der Waals surface area (Å²) in [6.07, 6.45) is -0.231. The summed E-state index contributed by atoms with van der Waals surface area (Å²) in [5.74, 6) is -1.76. The van der Waals surface area contributed by atoms with E-state index in [-0.39, 0.29) is 24.5 Å². The molecule has 1 atom stereocenters. The molecule has 1 N–H and O–H groups in total. The van der Waals surface area contributed by atoms with Gasteiger partial charge in [-0.05, 0) is 12.8 Å². The van der Waals surface area contributed by atoms with Crippen LogP contribution >= 0.6 is 0 Å². The van der Waals surface area contributed by atoms with Gasteiger partial charge in [-0.2, -0.15) is 0 Å². The molecule has 0 spiro atoms. The Morgan fingerprint density at radius 1 is 1.00 bits per heavy atom. The number of ketones is 1. The molecule has 1 unspecified atom stereocenters. The number of carbonyl (C=O) groups is 4. The summed E-state index contributed by atoms with van der Waals surface area (Å²) in [4.78, 5) is 44.6. The number of Topliss-reactive ketones (excluding diaryl/α,β-unsaturated/α-hetero) is 1. The van der Waals surface area contributed by atoms with Gasteiger partial charge >= 0.3 is 11.9 Å². The first kappa shape index (κ1) is 18.1. The van der Waals surface area contributed by atoms with Gasteiger partial charge in [0, 0.05) is 13.3 Å². The molecule has 0 saturated heterocycles. The van der Waals surface area contributed by atoms with Gasteiger partial charge in [0.25, 0.3) is 0 Å². The van der Waals surface area contributed by atoms with E-state index in [0.29, 0.717) is 0 Å². The van der Waals surface area contributed by atoms with Crippen LogP contribution in [0.15, 0.2) is 0 Å². The lowest BCUT2D eigenvalue weighted by Gasteiger charge is -2.19. The van der Waals surface area contributed by atoms with Crippen LogP contribution in [-0.4, -0.2) is 36.5 Å². The minimum Gasteiger partial charge on any atom is -0.428 e. The fourth-order valence-corrected chi connectivity index (χ4v) is 1.45. The Balaban J connectivity index is 4.00. The number of amides is 1. The number of carbonyl (C=O) groups excluding carboxylic acids is 4. The van der Waals surface area contributed by atoms with E-state index in [2.05, 4.69) is 14.8 Å². The van der Waals surface area contributed by atoms with Gasteiger partial charge < -0.3 is 14.8 Å². The lowest BCUT2D eigenvalue weighted by Crippen LogP contribution is -2.43. The Kier molecular flexibility index (Phi) is 8.19. The summed E-state index contributed by atoms with van der Waals surface area (Å²) in [6.45, 7) is 5.77. The highest BCUT2D eigenvalue weighted by Gasteiger charge is 2.20. The van der Waals surface area contributed by atoms with Gasteiger partial charge in [0.15, 0.2) is 5.78 Å². The molecule has 0 aliphatic carbocycles. The van der Waals surface area contributed by atoms with Crippen molar-refractivity contribution in [2.75, 3.05) is 6.79 Å². The largest absolute Gasteiger partial charge is 0.428 e. The van der Waals surface area contributed by atoms with Crippen LogP contribution in [0.2, 0.25) is 0 Å². The fourth-order valence-electron chi connectivity index (χ4n) is 1.45.